The van der Waals surface area contributed by atoms with Crippen LogP contribution in [0.2, 0.25) is 0 Å². The van der Waals surface area contributed by atoms with Crippen molar-refractivity contribution in [3.05, 3.63) is 70.8 Å². The van der Waals surface area contributed by atoms with E-state index < -0.39 is 0 Å². The summed E-state index contributed by atoms with van der Waals surface area (Å²) in [7, 11) is 0. The SMILES string of the molecule is CCC(CC(CC(C)(C)C)c1ccc(CBr)cc1)c1ccc(C)cc1. The van der Waals surface area contributed by atoms with Crippen molar-refractivity contribution in [2.75, 3.05) is 0 Å². The first kappa shape index (κ1) is 20.2. The molecule has 0 aliphatic carbocycles. The van der Waals surface area contributed by atoms with Crippen LogP contribution in [-0.2, 0) is 5.33 Å². The Balaban J connectivity index is 2.25. The first-order valence-electron chi connectivity index (χ1n) is 9.53. The van der Waals surface area contributed by atoms with Gasteiger partial charge in [0.15, 0.2) is 0 Å². The minimum atomic E-state index is 0.338. The number of hydrogen-bond acceptors (Lipinski definition) is 0. The van der Waals surface area contributed by atoms with Crippen LogP contribution in [0.5, 0.6) is 0 Å². The zero-order chi connectivity index (χ0) is 18.4. The molecule has 0 aromatic heterocycles. The highest BCUT2D eigenvalue weighted by Gasteiger charge is 2.24. The molecule has 0 amide bonds. The standard InChI is InChI=1S/C24H33Br/c1-6-20(21-11-7-18(2)8-12-21)15-23(16-24(3,4)5)22-13-9-19(17-25)10-14-22/h7-14,20,23H,6,15-17H2,1-5H3. The van der Waals surface area contributed by atoms with Crippen molar-refractivity contribution in [2.45, 2.75) is 71.0 Å². The molecule has 2 aromatic rings. The predicted molar refractivity (Wildman–Crippen MR) is 115 cm³/mol. The van der Waals surface area contributed by atoms with E-state index in [1.54, 1.807) is 0 Å². The topological polar surface area (TPSA) is 0 Å². The summed E-state index contributed by atoms with van der Waals surface area (Å²) in [5, 5.41) is 0.929. The Morgan fingerprint density at radius 3 is 1.84 bits per heavy atom. The summed E-state index contributed by atoms with van der Waals surface area (Å²) in [5.74, 6) is 1.24. The van der Waals surface area contributed by atoms with Crippen LogP contribution in [0.4, 0.5) is 0 Å². The number of halogens is 1. The molecular formula is C24H33Br. The third kappa shape index (κ3) is 6.29. The molecule has 0 aliphatic heterocycles. The quantitative estimate of drug-likeness (QED) is 0.412. The lowest BCUT2D eigenvalue weighted by molar-refractivity contribution is 0.319. The Morgan fingerprint density at radius 2 is 1.36 bits per heavy atom. The van der Waals surface area contributed by atoms with Gasteiger partial charge in [-0.25, -0.2) is 0 Å². The van der Waals surface area contributed by atoms with Gasteiger partial charge in [0.2, 0.25) is 0 Å². The first-order valence-corrected chi connectivity index (χ1v) is 10.7. The maximum Gasteiger partial charge on any atom is 0.0283 e. The lowest BCUT2D eigenvalue weighted by Gasteiger charge is -2.30. The second-order valence-corrected chi connectivity index (χ2v) is 9.15. The summed E-state index contributed by atoms with van der Waals surface area (Å²) in [4.78, 5) is 0. The van der Waals surface area contributed by atoms with Crippen molar-refractivity contribution in [3.63, 3.8) is 0 Å². The highest BCUT2D eigenvalue weighted by Crippen LogP contribution is 2.39. The molecule has 0 aliphatic rings. The van der Waals surface area contributed by atoms with Gasteiger partial charge in [0.05, 0.1) is 0 Å². The fourth-order valence-electron chi connectivity index (χ4n) is 3.68. The Morgan fingerprint density at radius 1 is 0.840 bits per heavy atom. The summed E-state index contributed by atoms with van der Waals surface area (Å²) in [5.41, 5.74) is 6.01. The third-order valence-electron chi connectivity index (χ3n) is 5.07. The molecule has 2 atom stereocenters. The van der Waals surface area contributed by atoms with E-state index in [9.17, 15) is 0 Å². The molecule has 0 nitrogen and oxygen atoms in total. The van der Waals surface area contributed by atoms with E-state index in [0.717, 1.165) is 5.33 Å². The normalized spacial score (nSPS) is 14.3. The fraction of sp³-hybridized carbons (Fsp3) is 0.500. The number of benzene rings is 2. The van der Waals surface area contributed by atoms with Gasteiger partial charge in [-0.2, -0.15) is 0 Å². The first-order chi connectivity index (χ1) is 11.8. The minimum absolute atomic E-state index is 0.338. The van der Waals surface area contributed by atoms with E-state index in [1.807, 2.05) is 0 Å². The zero-order valence-electron chi connectivity index (χ0n) is 16.5. The molecule has 0 saturated carbocycles. The van der Waals surface area contributed by atoms with Gasteiger partial charge in [0.25, 0.3) is 0 Å². The van der Waals surface area contributed by atoms with Crippen molar-refractivity contribution in [1.29, 1.82) is 0 Å². The average Bonchev–Trinajstić information content (AvgIpc) is 2.58. The van der Waals surface area contributed by atoms with E-state index in [2.05, 4.69) is 99.1 Å². The summed E-state index contributed by atoms with van der Waals surface area (Å²) in [6.07, 6.45) is 3.65. The van der Waals surface area contributed by atoms with Crippen LogP contribution in [0.1, 0.15) is 81.0 Å². The van der Waals surface area contributed by atoms with Gasteiger partial charge in [-0.05, 0) is 60.1 Å². The van der Waals surface area contributed by atoms with Crippen molar-refractivity contribution in [3.8, 4) is 0 Å². The molecule has 0 fully saturated rings. The molecule has 2 rings (SSSR count). The number of aryl methyl sites for hydroxylation is 1. The molecule has 2 unspecified atom stereocenters. The largest absolute Gasteiger partial charge is 0.0876 e. The highest BCUT2D eigenvalue weighted by atomic mass is 79.9. The van der Waals surface area contributed by atoms with Gasteiger partial charge in [-0.3, -0.25) is 0 Å². The third-order valence-corrected chi connectivity index (χ3v) is 5.72. The predicted octanol–water partition coefficient (Wildman–Crippen LogP) is 7.99. The van der Waals surface area contributed by atoms with Crippen LogP contribution in [0.25, 0.3) is 0 Å². The molecular weight excluding hydrogens is 368 g/mol. The summed E-state index contributed by atoms with van der Waals surface area (Å²) in [6, 6.07) is 18.4. The Kier molecular flexibility index (Phi) is 7.31. The molecule has 0 N–H and O–H groups in total. The average molecular weight is 401 g/mol. The monoisotopic (exact) mass is 400 g/mol. The van der Waals surface area contributed by atoms with Gasteiger partial charge in [0, 0.05) is 5.33 Å². The van der Waals surface area contributed by atoms with E-state index in [1.165, 1.54) is 41.5 Å². The van der Waals surface area contributed by atoms with Crippen molar-refractivity contribution < 1.29 is 0 Å². The summed E-state index contributed by atoms with van der Waals surface area (Å²) >= 11 is 3.56. The van der Waals surface area contributed by atoms with Gasteiger partial charge >= 0.3 is 0 Å². The van der Waals surface area contributed by atoms with Crippen LogP contribution in [0, 0.1) is 12.3 Å². The van der Waals surface area contributed by atoms with E-state index in [4.69, 9.17) is 0 Å². The molecule has 0 heterocycles. The lowest BCUT2D eigenvalue weighted by atomic mass is 9.75. The second-order valence-electron chi connectivity index (χ2n) is 8.59. The Bertz CT molecular complexity index is 631. The molecule has 136 valence electrons. The van der Waals surface area contributed by atoms with Crippen LogP contribution in [0.3, 0.4) is 0 Å². The van der Waals surface area contributed by atoms with Gasteiger partial charge in [-0.15, -0.1) is 0 Å². The van der Waals surface area contributed by atoms with E-state index >= 15 is 0 Å². The number of hydrogen-bond donors (Lipinski definition) is 0. The van der Waals surface area contributed by atoms with E-state index in [-0.39, 0.29) is 0 Å². The zero-order valence-corrected chi connectivity index (χ0v) is 18.1. The molecule has 2 aromatic carbocycles. The lowest BCUT2D eigenvalue weighted by Crippen LogP contribution is -2.15. The van der Waals surface area contributed by atoms with Crippen LogP contribution in [0.15, 0.2) is 48.5 Å². The molecule has 0 spiro atoms. The summed E-state index contributed by atoms with van der Waals surface area (Å²) in [6.45, 7) is 11.6. The summed E-state index contributed by atoms with van der Waals surface area (Å²) < 4.78 is 0. The Hall–Kier alpha value is -1.08. The van der Waals surface area contributed by atoms with E-state index in [0.29, 0.717) is 17.3 Å². The number of rotatable bonds is 7. The maximum absolute atomic E-state index is 3.56. The van der Waals surface area contributed by atoms with Crippen molar-refractivity contribution in [2.24, 2.45) is 5.41 Å². The van der Waals surface area contributed by atoms with Crippen molar-refractivity contribution in [1.82, 2.24) is 0 Å². The molecule has 0 bridgehead atoms. The van der Waals surface area contributed by atoms with Gasteiger partial charge in [0.1, 0.15) is 0 Å². The number of alkyl halides is 1. The van der Waals surface area contributed by atoms with Crippen molar-refractivity contribution >= 4 is 15.9 Å². The molecule has 25 heavy (non-hydrogen) atoms. The maximum atomic E-state index is 3.56. The highest BCUT2D eigenvalue weighted by molar-refractivity contribution is 9.08. The Labute approximate surface area is 163 Å². The minimum Gasteiger partial charge on any atom is -0.0876 e. The van der Waals surface area contributed by atoms with Gasteiger partial charge < -0.3 is 0 Å². The second kappa shape index (κ2) is 9.03. The van der Waals surface area contributed by atoms with Crippen LogP contribution in [-0.4, -0.2) is 0 Å². The molecule has 1 heteroatoms. The van der Waals surface area contributed by atoms with Gasteiger partial charge in [-0.1, -0.05) is 97.7 Å². The van der Waals surface area contributed by atoms with Crippen LogP contribution >= 0.6 is 15.9 Å². The molecule has 0 radical (unpaired) electrons. The van der Waals surface area contributed by atoms with Crippen LogP contribution < -0.4 is 0 Å². The fourth-order valence-corrected chi connectivity index (χ4v) is 4.05. The smallest absolute Gasteiger partial charge is 0.0283 e. The molecule has 0 saturated heterocycles.